The van der Waals surface area contributed by atoms with E-state index in [4.69, 9.17) is 17.0 Å². The van der Waals surface area contributed by atoms with Crippen molar-refractivity contribution in [2.24, 2.45) is 0 Å². The molecule has 0 atom stereocenters. The van der Waals surface area contributed by atoms with Crippen molar-refractivity contribution in [3.63, 3.8) is 0 Å². The summed E-state index contributed by atoms with van der Waals surface area (Å²) in [5, 5.41) is 0. The van der Waals surface area contributed by atoms with Crippen LogP contribution in [0, 0.1) is 12.2 Å². The van der Waals surface area contributed by atoms with E-state index in [9.17, 15) is 0 Å². The molecule has 0 heterocycles. The van der Waals surface area contributed by atoms with E-state index in [-0.39, 0.29) is 0 Å². The first kappa shape index (κ1) is 13.9. The van der Waals surface area contributed by atoms with Gasteiger partial charge in [-0.25, -0.2) is 0 Å². The number of halogens is 2. The van der Waals surface area contributed by atoms with Gasteiger partial charge in [-0.05, 0) is 0 Å². The molecule has 1 fully saturated rings. The van der Waals surface area contributed by atoms with Gasteiger partial charge in [0.15, 0.2) is 0 Å². The van der Waals surface area contributed by atoms with Crippen molar-refractivity contribution in [1.82, 2.24) is 0 Å². The molecule has 0 aliphatic heterocycles. The van der Waals surface area contributed by atoms with E-state index in [1.54, 1.807) is 0 Å². The summed E-state index contributed by atoms with van der Waals surface area (Å²) in [6.07, 6.45) is 11.5. The quantitative estimate of drug-likeness (QED) is 0.580. The molecule has 0 amide bonds. The van der Waals surface area contributed by atoms with Crippen molar-refractivity contribution in [3.8, 4) is 0 Å². The summed E-state index contributed by atoms with van der Waals surface area (Å²) < 4.78 is 0. The third-order valence-corrected chi connectivity index (χ3v) is 2.07. The van der Waals surface area contributed by atoms with Gasteiger partial charge in [-0.3, -0.25) is 0 Å². The Morgan fingerprint density at radius 3 is 1.54 bits per heavy atom. The van der Waals surface area contributed by atoms with E-state index in [0.29, 0.717) is 0 Å². The molecule has 0 aromatic rings. The number of allylic oxidation sites excluding steroid dienone is 4. The van der Waals surface area contributed by atoms with Crippen LogP contribution in [0.2, 0.25) is 0 Å². The third-order valence-electron chi connectivity index (χ3n) is 2.07. The van der Waals surface area contributed by atoms with E-state index in [2.05, 4.69) is 12.2 Å². The Bertz CT molecular complexity index is 165. The molecule has 0 aromatic carbocycles. The maximum absolute atomic E-state index is 4.93. The fraction of sp³-hybridized carbons (Fsp3) is 0.600. The second-order valence-electron chi connectivity index (χ2n) is 2.74. The molecule has 0 spiro atoms. The maximum atomic E-state index is 4.93. The van der Waals surface area contributed by atoms with Gasteiger partial charge in [0.25, 0.3) is 0 Å². The molecule has 0 aromatic heterocycles. The number of rotatable bonds is 0. The molecular formula is C10H14Cl2Zr. The summed E-state index contributed by atoms with van der Waals surface area (Å²) in [4.78, 5) is 0. The van der Waals surface area contributed by atoms with Crippen LogP contribution in [-0.4, -0.2) is 0 Å². The standard InChI is InChI=1S/C10H14.2ClH.Zr/c1-3-9-7-5-6-8-10(9)4-2;;;/h5-8H2,1-2H3;2*1H;/q-2;;;+4/p-2. The van der Waals surface area contributed by atoms with Crippen LogP contribution in [0.15, 0.2) is 11.1 Å². The van der Waals surface area contributed by atoms with Gasteiger partial charge in [0.1, 0.15) is 0 Å². The summed E-state index contributed by atoms with van der Waals surface area (Å²) in [5.74, 6) is 0. The van der Waals surface area contributed by atoms with Crippen LogP contribution in [0.1, 0.15) is 39.5 Å². The molecular weight excluding hydrogens is 282 g/mol. The van der Waals surface area contributed by atoms with Crippen molar-refractivity contribution in [2.45, 2.75) is 39.5 Å². The minimum atomic E-state index is -0.826. The molecule has 0 unspecified atom stereocenters. The Balaban J connectivity index is 0.000000424. The van der Waals surface area contributed by atoms with Crippen LogP contribution in [-0.2, 0) is 20.8 Å². The molecule has 72 valence electrons. The minimum absolute atomic E-state index is 0.826. The first-order valence-corrected chi connectivity index (χ1v) is 10.7. The molecule has 1 aliphatic rings. The Kier molecular flexibility index (Phi) is 10.2. The van der Waals surface area contributed by atoms with E-state index in [1.165, 1.54) is 36.8 Å². The van der Waals surface area contributed by atoms with Crippen LogP contribution in [0.3, 0.4) is 0 Å². The van der Waals surface area contributed by atoms with Crippen LogP contribution >= 0.6 is 17.0 Å². The van der Waals surface area contributed by atoms with Gasteiger partial charge in [0, 0.05) is 0 Å². The van der Waals surface area contributed by atoms with Gasteiger partial charge in [-0.15, -0.1) is 26.7 Å². The molecule has 1 saturated carbocycles. The third kappa shape index (κ3) is 6.10. The summed E-state index contributed by atoms with van der Waals surface area (Å²) in [7, 11) is 9.87. The van der Waals surface area contributed by atoms with Crippen molar-refractivity contribution < 1.29 is 20.8 Å². The monoisotopic (exact) mass is 294 g/mol. The molecule has 0 nitrogen and oxygen atoms in total. The van der Waals surface area contributed by atoms with E-state index >= 15 is 0 Å². The molecule has 0 bridgehead atoms. The summed E-state index contributed by atoms with van der Waals surface area (Å²) >= 11 is -0.826. The first-order valence-electron chi connectivity index (χ1n) is 4.34. The molecule has 0 radical (unpaired) electrons. The second kappa shape index (κ2) is 9.50. The molecule has 13 heavy (non-hydrogen) atoms. The topological polar surface area (TPSA) is 0 Å². The van der Waals surface area contributed by atoms with Crippen LogP contribution in [0.4, 0.5) is 0 Å². The zero-order chi connectivity index (χ0) is 10.1. The van der Waals surface area contributed by atoms with Gasteiger partial charge in [0.2, 0.25) is 0 Å². The van der Waals surface area contributed by atoms with Crippen molar-refractivity contribution in [1.29, 1.82) is 0 Å². The summed E-state index contributed by atoms with van der Waals surface area (Å²) in [6.45, 7) is 4.00. The predicted octanol–water partition coefficient (Wildman–Crippen LogP) is 4.44. The molecule has 1 rings (SSSR count). The van der Waals surface area contributed by atoms with Gasteiger partial charge < -0.3 is 23.3 Å². The van der Waals surface area contributed by atoms with E-state index in [0.717, 1.165) is 0 Å². The average molecular weight is 296 g/mol. The fourth-order valence-electron chi connectivity index (χ4n) is 1.46. The Morgan fingerprint density at radius 1 is 1.00 bits per heavy atom. The van der Waals surface area contributed by atoms with Crippen LogP contribution in [0.25, 0.3) is 0 Å². The van der Waals surface area contributed by atoms with E-state index in [1.807, 2.05) is 13.8 Å². The predicted molar refractivity (Wildman–Crippen MR) is 55.0 cm³/mol. The van der Waals surface area contributed by atoms with Gasteiger partial charge in [-0.2, -0.15) is 0 Å². The Hall–Kier alpha value is 0.943. The van der Waals surface area contributed by atoms with Crippen molar-refractivity contribution in [2.75, 3.05) is 0 Å². The van der Waals surface area contributed by atoms with Gasteiger partial charge >= 0.3 is 37.9 Å². The summed E-state index contributed by atoms with van der Waals surface area (Å²) in [5.41, 5.74) is 2.79. The Labute approximate surface area is 100 Å². The summed E-state index contributed by atoms with van der Waals surface area (Å²) in [6, 6.07) is 0. The van der Waals surface area contributed by atoms with Gasteiger partial charge in [0.05, 0.1) is 0 Å². The average Bonchev–Trinajstić information content (AvgIpc) is 2.19. The van der Waals surface area contributed by atoms with Crippen LogP contribution in [0.5, 0.6) is 0 Å². The molecule has 0 saturated heterocycles. The molecule has 3 heteroatoms. The zero-order valence-electron chi connectivity index (χ0n) is 8.08. The number of hydrogen-bond acceptors (Lipinski definition) is 0. The van der Waals surface area contributed by atoms with Crippen molar-refractivity contribution >= 4 is 17.0 Å². The Morgan fingerprint density at radius 2 is 1.31 bits per heavy atom. The zero-order valence-corrected chi connectivity index (χ0v) is 12.1. The number of hydrogen-bond donors (Lipinski definition) is 0. The fourth-order valence-corrected chi connectivity index (χ4v) is 1.46. The molecule has 1 aliphatic carbocycles. The normalized spacial score (nSPS) is 22.2. The van der Waals surface area contributed by atoms with Crippen LogP contribution < -0.4 is 0 Å². The SMILES string of the molecule is C[C-]=C1CCCCC1=[C-]C.[Cl][Zr+2][Cl]. The first-order chi connectivity index (χ1) is 6.29. The molecule has 0 N–H and O–H groups in total. The van der Waals surface area contributed by atoms with Gasteiger partial charge in [-0.1, -0.05) is 12.8 Å². The van der Waals surface area contributed by atoms with Crippen molar-refractivity contribution in [3.05, 3.63) is 23.3 Å². The second-order valence-corrected chi connectivity index (χ2v) is 6.47. The van der Waals surface area contributed by atoms with E-state index < -0.39 is 20.8 Å².